The van der Waals surface area contributed by atoms with Crippen molar-refractivity contribution in [1.82, 2.24) is 9.78 Å². The highest BCUT2D eigenvalue weighted by Gasteiger charge is 2.07. The molecule has 0 aliphatic rings. The molecule has 1 aromatic carbocycles. The van der Waals surface area contributed by atoms with Crippen molar-refractivity contribution in [2.75, 3.05) is 12.4 Å². The highest BCUT2D eigenvalue weighted by molar-refractivity contribution is 9.10. The summed E-state index contributed by atoms with van der Waals surface area (Å²) in [5.74, 6) is 0. The van der Waals surface area contributed by atoms with E-state index in [9.17, 15) is 0 Å². The standard InChI is InChI=1S/C13H16BrN3O/c1-17-10(6-7-16-17)8-15-13-5-3-4-12(14)11(13)9-18-2/h3-7,15H,8-9H2,1-2H3. The molecular weight excluding hydrogens is 294 g/mol. The van der Waals surface area contributed by atoms with Crippen LogP contribution in [0.1, 0.15) is 11.3 Å². The summed E-state index contributed by atoms with van der Waals surface area (Å²) < 4.78 is 8.14. The molecule has 5 heteroatoms. The smallest absolute Gasteiger partial charge is 0.0744 e. The Bertz CT molecular complexity index is 525. The molecule has 0 unspecified atom stereocenters. The van der Waals surface area contributed by atoms with E-state index in [4.69, 9.17) is 4.74 Å². The Hall–Kier alpha value is -1.33. The number of nitrogens with zero attached hydrogens (tertiary/aromatic N) is 2. The molecule has 0 aliphatic carbocycles. The molecule has 1 aromatic heterocycles. The number of aromatic nitrogens is 2. The van der Waals surface area contributed by atoms with Gasteiger partial charge in [-0.25, -0.2) is 0 Å². The van der Waals surface area contributed by atoms with Gasteiger partial charge in [0.2, 0.25) is 0 Å². The third-order valence-corrected chi connectivity index (χ3v) is 3.53. The number of hydrogen-bond donors (Lipinski definition) is 1. The Morgan fingerprint density at radius 2 is 2.22 bits per heavy atom. The van der Waals surface area contributed by atoms with Crippen molar-refractivity contribution in [3.8, 4) is 0 Å². The average Bonchev–Trinajstić information content (AvgIpc) is 2.76. The fraction of sp³-hybridized carbons (Fsp3) is 0.308. The van der Waals surface area contributed by atoms with Crippen LogP contribution in [0.5, 0.6) is 0 Å². The van der Waals surface area contributed by atoms with Crippen molar-refractivity contribution in [3.63, 3.8) is 0 Å². The lowest BCUT2D eigenvalue weighted by Gasteiger charge is -2.13. The molecule has 0 atom stereocenters. The fourth-order valence-electron chi connectivity index (χ4n) is 1.78. The summed E-state index contributed by atoms with van der Waals surface area (Å²) in [7, 11) is 3.64. The first-order chi connectivity index (χ1) is 8.72. The van der Waals surface area contributed by atoms with Gasteiger partial charge in [0.15, 0.2) is 0 Å². The third kappa shape index (κ3) is 2.91. The maximum Gasteiger partial charge on any atom is 0.0744 e. The Kier molecular flexibility index (Phi) is 4.38. The van der Waals surface area contributed by atoms with Gasteiger partial charge in [-0.1, -0.05) is 22.0 Å². The molecule has 4 nitrogen and oxygen atoms in total. The molecule has 0 bridgehead atoms. The molecule has 0 amide bonds. The first-order valence-corrected chi connectivity index (χ1v) is 6.48. The number of halogens is 1. The van der Waals surface area contributed by atoms with Gasteiger partial charge in [0.05, 0.1) is 18.8 Å². The van der Waals surface area contributed by atoms with Crippen LogP contribution in [0, 0.1) is 0 Å². The summed E-state index contributed by atoms with van der Waals surface area (Å²) in [6.45, 7) is 1.32. The molecule has 96 valence electrons. The van der Waals surface area contributed by atoms with E-state index in [1.807, 2.05) is 29.9 Å². The van der Waals surface area contributed by atoms with E-state index in [0.717, 1.165) is 28.0 Å². The molecule has 2 rings (SSSR count). The second-order valence-corrected chi connectivity index (χ2v) is 4.85. The third-order valence-electron chi connectivity index (χ3n) is 2.79. The second-order valence-electron chi connectivity index (χ2n) is 4.00. The molecule has 2 aromatic rings. The van der Waals surface area contributed by atoms with Gasteiger partial charge in [0, 0.05) is 36.1 Å². The average molecular weight is 310 g/mol. The molecule has 1 N–H and O–H groups in total. The normalized spacial score (nSPS) is 10.6. The van der Waals surface area contributed by atoms with Crippen LogP contribution < -0.4 is 5.32 Å². The van der Waals surface area contributed by atoms with E-state index < -0.39 is 0 Å². The fourth-order valence-corrected chi connectivity index (χ4v) is 2.26. The van der Waals surface area contributed by atoms with Crippen molar-refractivity contribution in [1.29, 1.82) is 0 Å². The largest absolute Gasteiger partial charge is 0.380 e. The molecule has 0 saturated heterocycles. The Morgan fingerprint density at radius 1 is 1.39 bits per heavy atom. The van der Waals surface area contributed by atoms with Crippen LogP contribution >= 0.6 is 15.9 Å². The van der Waals surface area contributed by atoms with Crippen molar-refractivity contribution in [2.45, 2.75) is 13.2 Å². The van der Waals surface area contributed by atoms with Gasteiger partial charge < -0.3 is 10.1 Å². The number of anilines is 1. The quantitative estimate of drug-likeness (QED) is 0.923. The number of nitrogens with one attached hydrogen (secondary N) is 1. The van der Waals surface area contributed by atoms with Crippen LogP contribution in [0.15, 0.2) is 34.9 Å². The molecule has 0 fully saturated rings. The molecule has 0 saturated carbocycles. The lowest BCUT2D eigenvalue weighted by molar-refractivity contribution is 0.185. The van der Waals surface area contributed by atoms with Crippen LogP contribution in [0.25, 0.3) is 0 Å². The Morgan fingerprint density at radius 3 is 2.89 bits per heavy atom. The van der Waals surface area contributed by atoms with Crippen LogP contribution in [0.3, 0.4) is 0 Å². The topological polar surface area (TPSA) is 39.1 Å². The lowest BCUT2D eigenvalue weighted by Crippen LogP contribution is -2.07. The predicted molar refractivity (Wildman–Crippen MR) is 75.4 cm³/mol. The predicted octanol–water partition coefficient (Wildman–Crippen LogP) is 2.94. The van der Waals surface area contributed by atoms with Crippen LogP contribution in [-0.2, 0) is 24.9 Å². The lowest BCUT2D eigenvalue weighted by atomic mass is 10.2. The first-order valence-electron chi connectivity index (χ1n) is 5.69. The van der Waals surface area contributed by atoms with E-state index in [-0.39, 0.29) is 0 Å². The number of rotatable bonds is 5. The SMILES string of the molecule is COCc1c(Br)cccc1NCc1ccnn1C. The summed E-state index contributed by atoms with van der Waals surface area (Å²) in [6.07, 6.45) is 1.80. The maximum absolute atomic E-state index is 5.22. The van der Waals surface area contributed by atoms with Gasteiger partial charge in [-0.05, 0) is 18.2 Å². The number of aryl methyl sites for hydroxylation is 1. The maximum atomic E-state index is 5.22. The Balaban J connectivity index is 2.14. The van der Waals surface area contributed by atoms with Crippen LogP contribution in [-0.4, -0.2) is 16.9 Å². The minimum absolute atomic E-state index is 0.579. The summed E-state index contributed by atoms with van der Waals surface area (Å²) in [5.41, 5.74) is 3.34. The summed E-state index contributed by atoms with van der Waals surface area (Å²) in [6, 6.07) is 8.08. The highest BCUT2D eigenvalue weighted by atomic mass is 79.9. The van der Waals surface area contributed by atoms with E-state index in [0.29, 0.717) is 6.61 Å². The van der Waals surface area contributed by atoms with E-state index in [2.05, 4.69) is 32.4 Å². The molecular formula is C13H16BrN3O. The monoisotopic (exact) mass is 309 g/mol. The minimum atomic E-state index is 0.579. The van der Waals surface area contributed by atoms with E-state index in [1.165, 1.54) is 0 Å². The number of methoxy groups -OCH3 is 1. The van der Waals surface area contributed by atoms with Gasteiger partial charge in [0.25, 0.3) is 0 Å². The van der Waals surface area contributed by atoms with E-state index in [1.54, 1.807) is 13.3 Å². The van der Waals surface area contributed by atoms with Crippen molar-refractivity contribution < 1.29 is 4.74 Å². The van der Waals surface area contributed by atoms with Gasteiger partial charge in [-0.2, -0.15) is 5.10 Å². The van der Waals surface area contributed by atoms with Gasteiger partial charge in [-0.15, -0.1) is 0 Å². The molecule has 1 heterocycles. The Labute approximate surface area is 115 Å². The summed E-state index contributed by atoms with van der Waals surface area (Å²) in [4.78, 5) is 0. The summed E-state index contributed by atoms with van der Waals surface area (Å²) >= 11 is 3.54. The molecule has 0 aliphatic heterocycles. The molecule has 18 heavy (non-hydrogen) atoms. The molecule has 0 spiro atoms. The second kappa shape index (κ2) is 6.02. The minimum Gasteiger partial charge on any atom is -0.380 e. The van der Waals surface area contributed by atoms with Gasteiger partial charge in [0.1, 0.15) is 0 Å². The zero-order chi connectivity index (χ0) is 13.0. The van der Waals surface area contributed by atoms with Crippen LogP contribution in [0.4, 0.5) is 5.69 Å². The van der Waals surface area contributed by atoms with E-state index >= 15 is 0 Å². The molecule has 0 radical (unpaired) electrons. The summed E-state index contributed by atoms with van der Waals surface area (Å²) in [5, 5.41) is 7.56. The van der Waals surface area contributed by atoms with Crippen LogP contribution in [0.2, 0.25) is 0 Å². The first kappa shape index (κ1) is 13.1. The highest BCUT2D eigenvalue weighted by Crippen LogP contribution is 2.25. The van der Waals surface area contributed by atoms with Crippen molar-refractivity contribution >= 4 is 21.6 Å². The number of benzene rings is 1. The van der Waals surface area contributed by atoms with Crippen molar-refractivity contribution in [2.24, 2.45) is 7.05 Å². The van der Waals surface area contributed by atoms with Crippen molar-refractivity contribution in [3.05, 3.63) is 46.2 Å². The number of hydrogen-bond acceptors (Lipinski definition) is 3. The van der Waals surface area contributed by atoms with Gasteiger partial charge >= 0.3 is 0 Å². The van der Waals surface area contributed by atoms with Gasteiger partial charge in [-0.3, -0.25) is 4.68 Å². The number of ether oxygens (including phenoxy) is 1. The zero-order valence-electron chi connectivity index (χ0n) is 10.5. The zero-order valence-corrected chi connectivity index (χ0v) is 12.1.